The summed E-state index contributed by atoms with van der Waals surface area (Å²) in [6.45, 7) is 2.25. The molecule has 2 fully saturated rings. The SMILES string of the molecule is N#Cc1ccccc1N1CCN(C(=O)NC2CC(F)(F)C2)CC1. The third-order valence-corrected chi connectivity index (χ3v) is 4.35. The van der Waals surface area contributed by atoms with E-state index in [0.29, 0.717) is 31.7 Å². The van der Waals surface area contributed by atoms with Crippen molar-refractivity contribution in [3.63, 3.8) is 0 Å². The molecule has 0 spiro atoms. The topological polar surface area (TPSA) is 59.4 Å². The molecule has 1 aliphatic carbocycles. The third-order valence-electron chi connectivity index (χ3n) is 4.35. The molecule has 3 rings (SSSR count). The summed E-state index contributed by atoms with van der Waals surface area (Å²) in [6, 6.07) is 8.83. The van der Waals surface area contributed by atoms with E-state index in [1.807, 2.05) is 18.2 Å². The number of alkyl halides is 2. The monoisotopic (exact) mass is 320 g/mol. The predicted molar refractivity (Wildman–Crippen MR) is 81.4 cm³/mol. The first kappa shape index (κ1) is 15.5. The maximum Gasteiger partial charge on any atom is 0.317 e. The molecule has 0 bridgehead atoms. The van der Waals surface area contributed by atoms with Crippen LogP contribution in [0.15, 0.2) is 24.3 Å². The van der Waals surface area contributed by atoms with Crippen LogP contribution >= 0.6 is 0 Å². The van der Waals surface area contributed by atoms with Crippen LogP contribution in [-0.2, 0) is 0 Å². The zero-order valence-electron chi connectivity index (χ0n) is 12.6. The Balaban J connectivity index is 1.52. The van der Waals surface area contributed by atoms with Gasteiger partial charge in [0.2, 0.25) is 0 Å². The van der Waals surface area contributed by atoms with Gasteiger partial charge >= 0.3 is 6.03 Å². The van der Waals surface area contributed by atoms with Crippen molar-refractivity contribution in [2.75, 3.05) is 31.1 Å². The molecule has 5 nitrogen and oxygen atoms in total. The molecule has 122 valence electrons. The zero-order chi connectivity index (χ0) is 16.4. The van der Waals surface area contributed by atoms with E-state index in [0.717, 1.165) is 5.69 Å². The van der Waals surface area contributed by atoms with E-state index in [9.17, 15) is 13.6 Å². The second kappa shape index (κ2) is 6.03. The summed E-state index contributed by atoms with van der Waals surface area (Å²) in [6.07, 6.45) is -0.539. The first-order chi connectivity index (χ1) is 11.0. The highest BCUT2D eigenvalue weighted by Crippen LogP contribution is 2.37. The lowest BCUT2D eigenvalue weighted by atomic mass is 9.88. The molecule has 1 aromatic rings. The van der Waals surface area contributed by atoms with Gasteiger partial charge in [0, 0.05) is 45.1 Å². The number of hydrogen-bond donors (Lipinski definition) is 1. The van der Waals surface area contributed by atoms with Crippen molar-refractivity contribution in [2.45, 2.75) is 24.8 Å². The number of urea groups is 1. The van der Waals surface area contributed by atoms with Crippen LogP contribution < -0.4 is 10.2 Å². The number of piperazine rings is 1. The second-order valence-corrected chi connectivity index (χ2v) is 6.01. The molecule has 1 aromatic carbocycles. The van der Waals surface area contributed by atoms with Gasteiger partial charge in [-0.3, -0.25) is 0 Å². The van der Waals surface area contributed by atoms with Gasteiger partial charge in [0.1, 0.15) is 6.07 Å². The molecule has 0 radical (unpaired) electrons. The molecule has 7 heteroatoms. The van der Waals surface area contributed by atoms with E-state index in [-0.39, 0.29) is 18.9 Å². The Morgan fingerprint density at radius 1 is 1.22 bits per heavy atom. The second-order valence-electron chi connectivity index (χ2n) is 6.01. The van der Waals surface area contributed by atoms with E-state index >= 15 is 0 Å². The first-order valence-corrected chi connectivity index (χ1v) is 7.66. The Bertz CT molecular complexity index is 627. The predicted octanol–water partition coefficient (Wildman–Crippen LogP) is 2.19. The van der Waals surface area contributed by atoms with E-state index in [4.69, 9.17) is 5.26 Å². The highest BCUT2D eigenvalue weighted by molar-refractivity contribution is 5.75. The summed E-state index contributed by atoms with van der Waals surface area (Å²) in [5.41, 5.74) is 1.48. The van der Waals surface area contributed by atoms with Crippen LogP contribution in [-0.4, -0.2) is 49.1 Å². The number of nitriles is 1. The maximum atomic E-state index is 12.8. The largest absolute Gasteiger partial charge is 0.367 e. The van der Waals surface area contributed by atoms with Gasteiger partial charge in [-0.2, -0.15) is 5.26 Å². The van der Waals surface area contributed by atoms with Gasteiger partial charge < -0.3 is 15.1 Å². The molecule has 1 N–H and O–H groups in total. The first-order valence-electron chi connectivity index (χ1n) is 7.66. The van der Waals surface area contributed by atoms with Gasteiger partial charge in [0.05, 0.1) is 11.3 Å². The smallest absolute Gasteiger partial charge is 0.317 e. The van der Waals surface area contributed by atoms with Crippen LogP contribution in [0.4, 0.5) is 19.3 Å². The van der Waals surface area contributed by atoms with Gasteiger partial charge in [-0.1, -0.05) is 12.1 Å². The summed E-state index contributed by atoms with van der Waals surface area (Å²) in [7, 11) is 0. The molecular formula is C16H18F2N4O. The average molecular weight is 320 g/mol. The van der Waals surface area contributed by atoms with Crippen LogP contribution in [0.1, 0.15) is 18.4 Å². The van der Waals surface area contributed by atoms with Crippen LogP contribution in [0.5, 0.6) is 0 Å². The lowest BCUT2D eigenvalue weighted by molar-refractivity contribution is -0.0902. The lowest BCUT2D eigenvalue weighted by Gasteiger charge is -2.39. The molecule has 1 heterocycles. The minimum Gasteiger partial charge on any atom is -0.367 e. The fourth-order valence-electron chi connectivity index (χ4n) is 3.02. The third kappa shape index (κ3) is 3.36. The van der Waals surface area contributed by atoms with E-state index < -0.39 is 12.0 Å². The number of anilines is 1. The van der Waals surface area contributed by atoms with Crippen molar-refractivity contribution >= 4 is 11.7 Å². The van der Waals surface area contributed by atoms with E-state index in [2.05, 4.69) is 16.3 Å². The molecule has 2 amide bonds. The van der Waals surface area contributed by atoms with Crippen LogP contribution in [0, 0.1) is 11.3 Å². The Kier molecular flexibility index (Phi) is 4.07. The Hall–Kier alpha value is -2.36. The highest BCUT2D eigenvalue weighted by Gasteiger charge is 2.46. The minimum absolute atomic E-state index is 0.270. The zero-order valence-corrected chi connectivity index (χ0v) is 12.6. The molecular weight excluding hydrogens is 302 g/mol. The van der Waals surface area contributed by atoms with Crippen molar-refractivity contribution < 1.29 is 13.6 Å². The summed E-state index contributed by atoms with van der Waals surface area (Å²) in [5.74, 6) is -2.63. The summed E-state index contributed by atoms with van der Waals surface area (Å²) in [4.78, 5) is 15.8. The number of amides is 2. The van der Waals surface area contributed by atoms with Crippen LogP contribution in [0.3, 0.4) is 0 Å². The van der Waals surface area contributed by atoms with Gasteiger partial charge in [-0.25, -0.2) is 13.6 Å². The van der Waals surface area contributed by atoms with E-state index in [1.54, 1.807) is 11.0 Å². The van der Waals surface area contributed by atoms with Crippen molar-refractivity contribution in [3.05, 3.63) is 29.8 Å². The van der Waals surface area contributed by atoms with E-state index in [1.165, 1.54) is 0 Å². The van der Waals surface area contributed by atoms with Crippen LogP contribution in [0.25, 0.3) is 0 Å². The molecule has 0 aromatic heterocycles. The number of benzene rings is 1. The highest BCUT2D eigenvalue weighted by atomic mass is 19.3. The van der Waals surface area contributed by atoms with Crippen molar-refractivity contribution in [3.8, 4) is 6.07 Å². The molecule has 23 heavy (non-hydrogen) atoms. The summed E-state index contributed by atoms with van der Waals surface area (Å²) in [5, 5.41) is 11.8. The minimum atomic E-state index is -2.63. The fraction of sp³-hybridized carbons (Fsp3) is 0.500. The Labute approximate surface area is 133 Å². The van der Waals surface area contributed by atoms with Crippen molar-refractivity contribution in [2.24, 2.45) is 0 Å². The fourth-order valence-corrected chi connectivity index (χ4v) is 3.02. The number of carbonyl (C=O) groups excluding carboxylic acids is 1. The molecule has 2 aliphatic rings. The van der Waals surface area contributed by atoms with Crippen molar-refractivity contribution in [1.82, 2.24) is 10.2 Å². The number of nitrogens with zero attached hydrogens (tertiary/aromatic N) is 3. The number of rotatable bonds is 2. The number of nitrogens with one attached hydrogen (secondary N) is 1. The van der Waals surface area contributed by atoms with Gasteiger partial charge in [-0.05, 0) is 12.1 Å². The standard InChI is InChI=1S/C16H18F2N4O/c17-16(18)9-13(10-16)20-15(23)22-7-5-21(6-8-22)14-4-2-1-3-12(14)11-19/h1-4,13H,5-10H2,(H,20,23). The van der Waals surface area contributed by atoms with Crippen molar-refractivity contribution in [1.29, 1.82) is 5.26 Å². The number of para-hydroxylation sites is 1. The van der Waals surface area contributed by atoms with Gasteiger partial charge in [0.15, 0.2) is 0 Å². The molecule has 1 saturated heterocycles. The molecule has 0 atom stereocenters. The Morgan fingerprint density at radius 3 is 2.48 bits per heavy atom. The normalized spacial score (nSPS) is 20.6. The number of halogens is 2. The number of hydrogen-bond acceptors (Lipinski definition) is 3. The Morgan fingerprint density at radius 2 is 1.87 bits per heavy atom. The lowest BCUT2D eigenvalue weighted by Crippen LogP contribution is -2.57. The molecule has 0 unspecified atom stereocenters. The van der Waals surface area contributed by atoms with Gasteiger partial charge in [0.25, 0.3) is 5.92 Å². The average Bonchev–Trinajstić information content (AvgIpc) is 2.53. The number of carbonyl (C=O) groups is 1. The van der Waals surface area contributed by atoms with Crippen LogP contribution in [0.2, 0.25) is 0 Å². The molecule has 1 aliphatic heterocycles. The summed E-state index contributed by atoms with van der Waals surface area (Å²) < 4.78 is 25.6. The maximum absolute atomic E-state index is 12.8. The molecule has 1 saturated carbocycles. The summed E-state index contributed by atoms with van der Waals surface area (Å²) >= 11 is 0. The quantitative estimate of drug-likeness (QED) is 0.909. The van der Waals surface area contributed by atoms with Gasteiger partial charge in [-0.15, -0.1) is 0 Å².